The molecule has 0 aliphatic heterocycles. The maximum Gasteiger partial charge on any atom is 0.250 e. The van der Waals surface area contributed by atoms with Crippen molar-refractivity contribution in [2.75, 3.05) is 12.4 Å². The maximum atomic E-state index is 12.1. The predicted molar refractivity (Wildman–Crippen MR) is 136 cm³/mol. The van der Waals surface area contributed by atoms with E-state index in [2.05, 4.69) is 16.6 Å². The highest BCUT2D eigenvalue weighted by molar-refractivity contribution is 8.00. The lowest BCUT2D eigenvalue weighted by molar-refractivity contribution is -0.118. The Kier molecular flexibility index (Phi) is 9.65. The topological polar surface area (TPSA) is 83.7 Å². The van der Waals surface area contributed by atoms with Gasteiger partial charge in [0.2, 0.25) is 5.91 Å². The van der Waals surface area contributed by atoms with Gasteiger partial charge in [0.1, 0.15) is 6.61 Å². The quantitative estimate of drug-likeness (QED) is 0.201. The lowest BCUT2D eigenvalue weighted by Crippen LogP contribution is -2.19. The molecule has 0 atom stereocenters. The summed E-state index contributed by atoms with van der Waals surface area (Å²) in [6.45, 7) is 2.42. The Labute approximate surface area is 212 Å². The maximum absolute atomic E-state index is 12.1. The summed E-state index contributed by atoms with van der Waals surface area (Å²) in [5.74, 6) is 0.775. The first-order valence-electron chi connectivity index (χ1n) is 10.3. The van der Waals surface area contributed by atoms with Crippen LogP contribution < -0.4 is 14.9 Å². The largest absolute Gasteiger partial charge is 0.490 e. The molecule has 3 aromatic rings. The zero-order chi connectivity index (χ0) is 24.3. The van der Waals surface area contributed by atoms with Gasteiger partial charge in [-0.1, -0.05) is 41.4 Å². The zero-order valence-corrected chi connectivity index (χ0v) is 20.6. The predicted octanol–water partition coefficient (Wildman–Crippen LogP) is 6.09. The number of ether oxygens (including phenoxy) is 2. The summed E-state index contributed by atoms with van der Waals surface area (Å²) < 4.78 is 11.6. The lowest BCUT2D eigenvalue weighted by atomic mass is 10.1. The number of nitrogens with one attached hydrogen (secondary N) is 1. The molecule has 34 heavy (non-hydrogen) atoms. The Morgan fingerprint density at radius 3 is 2.65 bits per heavy atom. The summed E-state index contributed by atoms with van der Waals surface area (Å²) in [6, 6.07) is 20.0. The molecule has 0 aromatic heterocycles. The Bertz CT molecular complexity index is 1210. The smallest absolute Gasteiger partial charge is 0.250 e. The normalized spacial score (nSPS) is 10.6. The number of benzene rings is 3. The zero-order valence-electron chi connectivity index (χ0n) is 18.3. The molecular weight excluding hydrogens is 493 g/mol. The molecule has 0 bridgehead atoms. The standard InChI is InChI=1S/C25H21Cl2N3O3S/c1-2-32-23-12-17(14-29-30-24(31)16-34-21-9-7-20(26)8-10-21)11-22(27)25(23)33-15-19-6-4-3-5-18(19)13-28/h3-12,14H,2,15-16H2,1H3,(H,30,31)/b29-14-. The lowest BCUT2D eigenvalue weighted by Gasteiger charge is -2.15. The first-order valence-corrected chi connectivity index (χ1v) is 12.0. The van der Waals surface area contributed by atoms with E-state index in [4.69, 9.17) is 32.7 Å². The molecule has 1 N–H and O–H groups in total. The highest BCUT2D eigenvalue weighted by Gasteiger charge is 2.13. The molecule has 0 heterocycles. The van der Waals surface area contributed by atoms with Crippen molar-refractivity contribution in [3.63, 3.8) is 0 Å². The molecule has 0 fully saturated rings. The van der Waals surface area contributed by atoms with E-state index in [0.717, 1.165) is 10.5 Å². The third-order valence-electron chi connectivity index (χ3n) is 4.43. The van der Waals surface area contributed by atoms with Crippen molar-refractivity contribution in [2.24, 2.45) is 5.10 Å². The van der Waals surface area contributed by atoms with Crippen molar-refractivity contribution in [1.82, 2.24) is 5.43 Å². The van der Waals surface area contributed by atoms with Gasteiger partial charge in [-0.15, -0.1) is 11.8 Å². The molecule has 0 saturated heterocycles. The minimum atomic E-state index is -0.247. The summed E-state index contributed by atoms with van der Waals surface area (Å²) in [5.41, 5.74) is 4.40. The van der Waals surface area contributed by atoms with Crippen LogP contribution in [0.1, 0.15) is 23.6 Å². The van der Waals surface area contributed by atoms with Crippen molar-refractivity contribution in [3.05, 3.63) is 87.4 Å². The van der Waals surface area contributed by atoms with Crippen molar-refractivity contribution in [2.45, 2.75) is 18.4 Å². The van der Waals surface area contributed by atoms with Gasteiger partial charge in [-0.2, -0.15) is 10.4 Å². The van der Waals surface area contributed by atoms with E-state index in [-0.39, 0.29) is 18.3 Å². The van der Waals surface area contributed by atoms with Gasteiger partial charge < -0.3 is 9.47 Å². The molecule has 0 aliphatic rings. The summed E-state index contributed by atoms with van der Waals surface area (Å²) in [4.78, 5) is 13.0. The fourth-order valence-corrected chi connectivity index (χ4v) is 3.95. The van der Waals surface area contributed by atoms with Crippen molar-refractivity contribution in [1.29, 1.82) is 5.26 Å². The number of carbonyl (C=O) groups is 1. The molecule has 0 spiro atoms. The molecule has 0 radical (unpaired) electrons. The number of carbonyl (C=O) groups excluding carboxylic acids is 1. The minimum Gasteiger partial charge on any atom is -0.490 e. The van der Waals surface area contributed by atoms with E-state index >= 15 is 0 Å². The van der Waals surface area contributed by atoms with E-state index in [1.165, 1.54) is 18.0 Å². The highest BCUT2D eigenvalue weighted by Crippen LogP contribution is 2.37. The van der Waals surface area contributed by atoms with Crippen LogP contribution in [0.2, 0.25) is 10.0 Å². The third-order valence-corrected chi connectivity index (χ3v) is 5.97. The summed E-state index contributed by atoms with van der Waals surface area (Å²) in [5, 5.41) is 14.2. The average molecular weight is 514 g/mol. The average Bonchev–Trinajstić information content (AvgIpc) is 2.83. The number of hydrogen-bond acceptors (Lipinski definition) is 6. The van der Waals surface area contributed by atoms with Crippen molar-refractivity contribution in [3.8, 4) is 17.6 Å². The first-order chi connectivity index (χ1) is 16.5. The summed E-state index contributed by atoms with van der Waals surface area (Å²) in [7, 11) is 0. The van der Waals surface area contributed by atoms with Gasteiger partial charge in [-0.25, -0.2) is 5.43 Å². The van der Waals surface area contributed by atoms with E-state index in [1.54, 1.807) is 36.4 Å². The van der Waals surface area contributed by atoms with Gasteiger partial charge in [0.05, 0.1) is 35.2 Å². The van der Waals surface area contributed by atoms with Gasteiger partial charge in [-0.05, 0) is 55.0 Å². The van der Waals surface area contributed by atoms with Crippen LogP contribution in [-0.2, 0) is 11.4 Å². The molecule has 0 aliphatic carbocycles. The molecular formula is C25H21Cl2N3O3S. The number of amides is 1. The molecule has 174 valence electrons. The fourth-order valence-electron chi connectivity index (χ4n) is 2.86. The number of nitrogens with zero attached hydrogens (tertiary/aromatic N) is 2. The van der Waals surface area contributed by atoms with Crippen LogP contribution in [-0.4, -0.2) is 24.5 Å². The molecule has 6 nitrogen and oxygen atoms in total. The number of thioether (sulfide) groups is 1. The number of hydrazone groups is 1. The fraction of sp³-hybridized carbons (Fsp3) is 0.160. The number of halogens is 2. The van der Waals surface area contributed by atoms with Crippen molar-refractivity contribution >= 4 is 47.1 Å². The molecule has 1 amide bonds. The van der Waals surface area contributed by atoms with Crippen LogP contribution in [0.3, 0.4) is 0 Å². The van der Waals surface area contributed by atoms with Crippen LogP contribution in [0, 0.1) is 11.3 Å². The first kappa shape index (κ1) is 25.4. The Morgan fingerprint density at radius 2 is 1.91 bits per heavy atom. The molecule has 9 heteroatoms. The molecule has 0 saturated carbocycles. The van der Waals surface area contributed by atoms with Gasteiger partial charge in [0, 0.05) is 15.5 Å². The van der Waals surface area contributed by atoms with Gasteiger partial charge in [0.25, 0.3) is 0 Å². The summed E-state index contributed by atoms with van der Waals surface area (Å²) in [6.07, 6.45) is 1.48. The van der Waals surface area contributed by atoms with Crippen LogP contribution in [0.15, 0.2) is 70.7 Å². The number of nitriles is 1. The van der Waals surface area contributed by atoms with E-state index in [0.29, 0.717) is 39.3 Å². The van der Waals surface area contributed by atoms with Gasteiger partial charge in [0.15, 0.2) is 11.5 Å². The molecule has 3 rings (SSSR count). The van der Waals surface area contributed by atoms with Crippen LogP contribution in [0.4, 0.5) is 0 Å². The Morgan fingerprint density at radius 1 is 1.15 bits per heavy atom. The van der Waals surface area contributed by atoms with Crippen molar-refractivity contribution < 1.29 is 14.3 Å². The third kappa shape index (κ3) is 7.42. The van der Waals surface area contributed by atoms with Crippen LogP contribution >= 0.6 is 35.0 Å². The second-order valence-electron chi connectivity index (χ2n) is 6.86. The number of hydrogen-bond donors (Lipinski definition) is 1. The van der Waals surface area contributed by atoms with E-state index < -0.39 is 0 Å². The van der Waals surface area contributed by atoms with Crippen LogP contribution in [0.25, 0.3) is 0 Å². The van der Waals surface area contributed by atoms with E-state index in [9.17, 15) is 10.1 Å². The monoisotopic (exact) mass is 513 g/mol. The second-order valence-corrected chi connectivity index (χ2v) is 8.75. The summed E-state index contributed by atoms with van der Waals surface area (Å²) >= 11 is 13.7. The van der Waals surface area contributed by atoms with Gasteiger partial charge in [-0.3, -0.25) is 4.79 Å². The molecule has 3 aromatic carbocycles. The van der Waals surface area contributed by atoms with E-state index in [1.807, 2.05) is 31.2 Å². The van der Waals surface area contributed by atoms with Gasteiger partial charge >= 0.3 is 0 Å². The SMILES string of the molecule is CCOc1cc(/C=N\NC(=O)CSc2ccc(Cl)cc2)cc(Cl)c1OCc1ccccc1C#N. The Balaban J connectivity index is 1.63. The highest BCUT2D eigenvalue weighted by atomic mass is 35.5. The molecule has 0 unspecified atom stereocenters. The second kappa shape index (κ2) is 12.9. The Hall–Kier alpha value is -3.18. The number of rotatable bonds is 10. The minimum absolute atomic E-state index is 0.165. The van der Waals surface area contributed by atoms with Crippen LogP contribution in [0.5, 0.6) is 11.5 Å².